The normalized spacial score (nSPS) is 15.6. The molecule has 1 amide bonds. The van der Waals surface area contributed by atoms with Gasteiger partial charge in [-0.3, -0.25) is 14.5 Å². The SMILES string of the molecule is COc1ccc(-c2nn3c(nc2=O)-c2ccc(F)cc2N2C(=O)c4ccccc4[C@H]23)cc1. The summed E-state index contributed by atoms with van der Waals surface area (Å²) in [6.07, 6.45) is -0.673. The van der Waals surface area contributed by atoms with E-state index in [1.165, 1.54) is 23.1 Å². The minimum absolute atomic E-state index is 0.152. The van der Waals surface area contributed by atoms with Crippen molar-refractivity contribution in [1.82, 2.24) is 14.8 Å². The van der Waals surface area contributed by atoms with Crippen LogP contribution in [0, 0.1) is 5.82 Å². The maximum absolute atomic E-state index is 14.2. The van der Waals surface area contributed by atoms with Crippen LogP contribution in [0.4, 0.5) is 10.1 Å². The zero-order valence-corrected chi connectivity index (χ0v) is 16.8. The van der Waals surface area contributed by atoms with Gasteiger partial charge in [0.05, 0.1) is 12.8 Å². The van der Waals surface area contributed by atoms with E-state index in [0.29, 0.717) is 33.7 Å². The number of amides is 1. The number of methoxy groups -OCH3 is 1. The Labute approximate surface area is 181 Å². The minimum Gasteiger partial charge on any atom is -0.497 e. The highest BCUT2D eigenvalue weighted by molar-refractivity contribution is 6.13. The number of ether oxygens (including phenoxy) is 1. The maximum Gasteiger partial charge on any atom is 0.300 e. The van der Waals surface area contributed by atoms with Crippen molar-refractivity contribution in [3.8, 4) is 28.4 Å². The predicted molar refractivity (Wildman–Crippen MR) is 115 cm³/mol. The first kappa shape index (κ1) is 18.4. The summed E-state index contributed by atoms with van der Waals surface area (Å²) in [6.45, 7) is 0. The van der Waals surface area contributed by atoms with E-state index in [-0.39, 0.29) is 17.4 Å². The number of rotatable bonds is 2. The molecule has 0 fully saturated rings. The van der Waals surface area contributed by atoms with Crippen LogP contribution >= 0.6 is 0 Å². The third kappa shape index (κ3) is 2.46. The predicted octanol–water partition coefficient (Wildman–Crippen LogP) is 3.64. The molecule has 0 aliphatic carbocycles. The molecular weight excluding hydrogens is 411 g/mol. The summed E-state index contributed by atoms with van der Waals surface area (Å²) in [7, 11) is 1.56. The zero-order chi connectivity index (χ0) is 22.0. The Hall–Kier alpha value is -4.33. The van der Waals surface area contributed by atoms with Crippen LogP contribution in [0.1, 0.15) is 22.1 Å². The lowest BCUT2D eigenvalue weighted by Crippen LogP contribution is -2.39. The van der Waals surface area contributed by atoms with E-state index < -0.39 is 17.5 Å². The van der Waals surface area contributed by atoms with Crippen molar-refractivity contribution in [2.24, 2.45) is 0 Å². The van der Waals surface area contributed by atoms with Crippen molar-refractivity contribution in [3.05, 3.63) is 94.0 Å². The van der Waals surface area contributed by atoms with Crippen molar-refractivity contribution >= 4 is 11.6 Å². The summed E-state index contributed by atoms with van der Waals surface area (Å²) in [4.78, 5) is 32.0. The van der Waals surface area contributed by atoms with Crippen molar-refractivity contribution in [2.75, 3.05) is 12.0 Å². The fraction of sp³-hybridized carbons (Fsp3) is 0.0833. The molecule has 3 aromatic carbocycles. The number of benzene rings is 3. The second-order valence-electron chi connectivity index (χ2n) is 7.56. The highest BCUT2D eigenvalue weighted by Crippen LogP contribution is 2.46. The molecule has 0 bridgehead atoms. The van der Waals surface area contributed by atoms with Crippen LogP contribution in [0.3, 0.4) is 0 Å². The van der Waals surface area contributed by atoms with Crippen LogP contribution < -0.4 is 15.2 Å². The van der Waals surface area contributed by atoms with Gasteiger partial charge in [0.25, 0.3) is 11.5 Å². The van der Waals surface area contributed by atoms with Gasteiger partial charge in [0.15, 0.2) is 17.7 Å². The van der Waals surface area contributed by atoms with Crippen LogP contribution in [0.5, 0.6) is 5.75 Å². The van der Waals surface area contributed by atoms with Gasteiger partial charge in [0.2, 0.25) is 0 Å². The van der Waals surface area contributed by atoms with Gasteiger partial charge in [-0.2, -0.15) is 10.1 Å². The van der Waals surface area contributed by atoms with Gasteiger partial charge in [-0.05, 0) is 48.5 Å². The molecule has 7 nitrogen and oxygen atoms in total. The number of anilines is 1. The van der Waals surface area contributed by atoms with E-state index >= 15 is 0 Å². The van der Waals surface area contributed by atoms with E-state index in [2.05, 4.69) is 10.1 Å². The summed E-state index contributed by atoms with van der Waals surface area (Å²) >= 11 is 0. The number of carbonyl (C=O) groups excluding carboxylic acids is 1. The van der Waals surface area contributed by atoms with E-state index in [1.54, 1.807) is 48.2 Å². The molecule has 156 valence electrons. The topological polar surface area (TPSA) is 77.3 Å². The van der Waals surface area contributed by atoms with Crippen LogP contribution in [-0.4, -0.2) is 27.8 Å². The molecular formula is C24H15FN4O3. The van der Waals surface area contributed by atoms with Gasteiger partial charge in [0.1, 0.15) is 11.6 Å². The van der Waals surface area contributed by atoms with E-state index in [0.717, 1.165) is 0 Å². The molecule has 2 aliphatic rings. The Balaban J connectivity index is 1.64. The fourth-order valence-corrected chi connectivity index (χ4v) is 4.35. The quantitative estimate of drug-likeness (QED) is 0.489. The third-order valence-corrected chi connectivity index (χ3v) is 5.82. The van der Waals surface area contributed by atoms with Crippen molar-refractivity contribution in [2.45, 2.75) is 6.17 Å². The van der Waals surface area contributed by atoms with Crippen molar-refractivity contribution in [1.29, 1.82) is 0 Å². The number of halogens is 1. The van der Waals surface area contributed by atoms with Crippen LogP contribution in [0.15, 0.2) is 71.5 Å². The molecule has 0 saturated carbocycles. The second-order valence-corrected chi connectivity index (χ2v) is 7.56. The lowest BCUT2D eigenvalue weighted by atomic mass is 10.1. The Morgan fingerprint density at radius 3 is 2.53 bits per heavy atom. The van der Waals surface area contributed by atoms with Crippen LogP contribution in [0.25, 0.3) is 22.6 Å². The summed E-state index contributed by atoms with van der Waals surface area (Å²) < 4.78 is 20.9. The zero-order valence-electron chi connectivity index (χ0n) is 16.8. The average molecular weight is 426 g/mol. The van der Waals surface area contributed by atoms with Gasteiger partial charge in [-0.1, -0.05) is 18.2 Å². The lowest BCUT2D eigenvalue weighted by Gasteiger charge is -2.34. The second kappa shape index (κ2) is 6.58. The summed E-state index contributed by atoms with van der Waals surface area (Å²) in [5, 5.41) is 4.65. The van der Waals surface area contributed by atoms with Crippen molar-refractivity contribution in [3.63, 3.8) is 0 Å². The van der Waals surface area contributed by atoms with Gasteiger partial charge in [0, 0.05) is 22.3 Å². The number of nitrogens with zero attached hydrogens (tertiary/aromatic N) is 4. The van der Waals surface area contributed by atoms with Gasteiger partial charge in [-0.15, -0.1) is 0 Å². The number of hydrogen-bond donors (Lipinski definition) is 0. The molecule has 0 N–H and O–H groups in total. The molecule has 0 saturated heterocycles. The van der Waals surface area contributed by atoms with Gasteiger partial charge < -0.3 is 4.74 Å². The smallest absolute Gasteiger partial charge is 0.300 e. The average Bonchev–Trinajstić information content (AvgIpc) is 3.12. The minimum atomic E-state index is -0.673. The molecule has 1 aromatic heterocycles. The summed E-state index contributed by atoms with van der Waals surface area (Å²) in [5.74, 6) is 0.199. The van der Waals surface area contributed by atoms with E-state index in [9.17, 15) is 14.0 Å². The summed E-state index contributed by atoms with van der Waals surface area (Å²) in [5.41, 5.74) is 2.27. The van der Waals surface area contributed by atoms with E-state index in [4.69, 9.17) is 4.74 Å². The molecule has 32 heavy (non-hydrogen) atoms. The first-order chi connectivity index (χ1) is 15.6. The molecule has 4 aromatic rings. The molecule has 0 unspecified atom stereocenters. The largest absolute Gasteiger partial charge is 0.497 e. The lowest BCUT2D eigenvalue weighted by molar-refractivity contribution is 0.0986. The Morgan fingerprint density at radius 1 is 0.969 bits per heavy atom. The highest BCUT2D eigenvalue weighted by Gasteiger charge is 2.44. The third-order valence-electron chi connectivity index (χ3n) is 5.82. The number of aromatic nitrogens is 3. The number of fused-ring (bicyclic) bond motifs is 8. The van der Waals surface area contributed by atoms with Gasteiger partial charge >= 0.3 is 0 Å². The molecule has 1 atom stereocenters. The Kier molecular flexibility index (Phi) is 3.79. The standard InChI is InChI=1S/C24H15FN4O3/c1-32-15-9-6-13(7-10-15)20-22(30)26-21-18-11-8-14(25)12-19(18)28-23(29(21)27-20)16-4-2-3-5-17(16)24(28)31/h2-12,23H,1H3/t23-/m1/s1. The fourth-order valence-electron chi connectivity index (χ4n) is 4.35. The van der Waals surface area contributed by atoms with Crippen LogP contribution in [-0.2, 0) is 0 Å². The number of hydrogen-bond acceptors (Lipinski definition) is 5. The first-order valence-corrected chi connectivity index (χ1v) is 9.94. The molecule has 6 rings (SSSR count). The van der Waals surface area contributed by atoms with Gasteiger partial charge in [-0.25, -0.2) is 9.07 Å². The van der Waals surface area contributed by atoms with Crippen molar-refractivity contribution < 1.29 is 13.9 Å². The maximum atomic E-state index is 14.2. The Morgan fingerprint density at radius 2 is 1.75 bits per heavy atom. The molecule has 0 spiro atoms. The van der Waals surface area contributed by atoms with E-state index in [1.807, 2.05) is 12.1 Å². The summed E-state index contributed by atoms with van der Waals surface area (Å²) in [6, 6.07) is 18.2. The Bertz CT molecular complexity index is 1480. The first-order valence-electron chi connectivity index (χ1n) is 9.94. The molecule has 2 aliphatic heterocycles. The highest BCUT2D eigenvalue weighted by atomic mass is 19.1. The monoisotopic (exact) mass is 426 g/mol. The molecule has 3 heterocycles. The molecule has 0 radical (unpaired) electrons. The number of carbonyl (C=O) groups is 1. The van der Waals surface area contributed by atoms with Crippen LogP contribution in [0.2, 0.25) is 0 Å². The molecule has 8 heteroatoms.